The lowest BCUT2D eigenvalue weighted by molar-refractivity contribution is -0.164. The van der Waals surface area contributed by atoms with Crippen molar-refractivity contribution in [3.63, 3.8) is 0 Å². The van der Waals surface area contributed by atoms with Gasteiger partial charge in [0.25, 0.3) is 0 Å². The number of alkyl halides is 2. The Balaban J connectivity index is 2.12. The van der Waals surface area contributed by atoms with E-state index in [0.29, 0.717) is 27.5 Å². The molecule has 0 spiro atoms. The molecule has 2 aromatic heterocycles. The van der Waals surface area contributed by atoms with Gasteiger partial charge in [-0.25, -0.2) is 13.6 Å². The number of aliphatic carboxylic acids is 1. The zero-order valence-corrected chi connectivity index (χ0v) is 16.0. The number of halogens is 4. The standard InChI is InChI=1S/C21H17F4N3O2/c1-10(2)19-14(8-21(24,25)20(29)30)13-7-17-11(9-26-27-17)5-18(13)28(19)12-3-4-15(22)16(23)6-12/h3-7,9-10H,8H2,1-2H3,(H,26,27)(H,29,30). The van der Waals surface area contributed by atoms with Crippen molar-refractivity contribution in [3.05, 3.63) is 59.4 Å². The fraction of sp³-hybridized carbons (Fsp3) is 0.238. The first-order valence-corrected chi connectivity index (χ1v) is 9.17. The van der Waals surface area contributed by atoms with E-state index >= 15 is 0 Å². The van der Waals surface area contributed by atoms with E-state index in [0.717, 1.165) is 12.1 Å². The maximum atomic E-state index is 14.2. The lowest BCUT2D eigenvalue weighted by atomic mass is 9.97. The number of nitrogens with zero attached hydrogens (tertiary/aromatic N) is 2. The van der Waals surface area contributed by atoms with Crippen LogP contribution in [0.1, 0.15) is 31.0 Å². The maximum Gasteiger partial charge on any atom is 0.374 e. The van der Waals surface area contributed by atoms with Crippen LogP contribution in [-0.2, 0) is 11.2 Å². The molecule has 0 unspecified atom stereocenters. The van der Waals surface area contributed by atoms with Crippen LogP contribution in [0.15, 0.2) is 36.5 Å². The molecule has 9 heteroatoms. The molecule has 2 heterocycles. The molecule has 0 bridgehead atoms. The molecule has 0 amide bonds. The molecule has 156 valence electrons. The van der Waals surface area contributed by atoms with Gasteiger partial charge in [-0.3, -0.25) is 5.10 Å². The van der Waals surface area contributed by atoms with Crippen molar-refractivity contribution in [1.82, 2.24) is 14.8 Å². The van der Waals surface area contributed by atoms with Gasteiger partial charge >= 0.3 is 11.9 Å². The Morgan fingerprint density at radius 3 is 2.57 bits per heavy atom. The highest BCUT2D eigenvalue weighted by atomic mass is 19.3. The average molecular weight is 419 g/mol. The summed E-state index contributed by atoms with van der Waals surface area (Å²) in [7, 11) is 0. The van der Waals surface area contributed by atoms with E-state index in [1.54, 1.807) is 36.7 Å². The van der Waals surface area contributed by atoms with Crippen molar-refractivity contribution in [2.24, 2.45) is 0 Å². The van der Waals surface area contributed by atoms with E-state index in [-0.39, 0.29) is 17.2 Å². The van der Waals surface area contributed by atoms with E-state index in [2.05, 4.69) is 10.2 Å². The predicted molar refractivity (Wildman–Crippen MR) is 103 cm³/mol. The van der Waals surface area contributed by atoms with E-state index < -0.39 is 29.9 Å². The van der Waals surface area contributed by atoms with Gasteiger partial charge in [-0.15, -0.1) is 0 Å². The summed E-state index contributed by atoms with van der Waals surface area (Å²) in [6, 6.07) is 6.61. The Morgan fingerprint density at radius 1 is 1.20 bits per heavy atom. The van der Waals surface area contributed by atoms with Crippen molar-refractivity contribution < 1.29 is 27.5 Å². The molecule has 0 radical (unpaired) electrons. The molecule has 4 rings (SSSR count). The summed E-state index contributed by atoms with van der Waals surface area (Å²) in [4.78, 5) is 11.1. The number of fused-ring (bicyclic) bond motifs is 2. The number of H-pyrrole nitrogens is 1. The summed E-state index contributed by atoms with van der Waals surface area (Å²) < 4.78 is 57.6. The zero-order chi connectivity index (χ0) is 21.8. The van der Waals surface area contributed by atoms with Crippen LogP contribution in [0.2, 0.25) is 0 Å². The van der Waals surface area contributed by atoms with Crippen molar-refractivity contribution in [3.8, 4) is 5.69 Å². The Hall–Kier alpha value is -3.36. The van der Waals surface area contributed by atoms with Crippen LogP contribution in [0.4, 0.5) is 17.6 Å². The van der Waals surface area contributed by atoms with E-state index in [1.807, 2.05) is 0 Å². The van der Waals surface area contributed by atoms with Crippen LogP contribution in [0.25, 0.3) is 27.5 Å². The fourth-order valence-electron chi connectivity index (χ4n) is 3.80. The van der Waals surface area contributed by atoms with Crippen molar-refractivity contribution in [2.45, 2.75) is 32.1 Å². The molecule has 0 saturated carbocycles. The molecule has 0 aliphatic rings. The number of hydrogen-bond donors (Lipinski definition) is 2. The lowest BCUT2D eigenvalue weighted by Crippen LogP contribution is -2.31. The lowest BCUT2D eigenvalue weighted by Gasteiger charge is -2.17. The van der Waals surface area contributed by atoms with Crippen molar-refractivity contribution in [1.29, 1.82) is 0 Å². The van der Waals surface area contributed by atoms with Gasteiger partial charge in [0.15, 0.2) is 11.6 Å². The molecule has 5 nitrogen and oxygen atoms in total. The quantitative estimate of drug-likeness (QED) is 0.439. The summed E-state index contributed by atoms with van der Waals surface area (Å²) in [5.41, 5.74) is 1.83. The highest BCUT2D eigenvalue weighted by Gasteiger charge is 2.41. The first-order chi connectivity index (χ1) is 14.1. The molecule has 0 saturated heterocycles. The van der Waals surface area contributed by atoms with Gasteiger partial charge in [-0.05, 0) is 35.7 Å². The summed E-state index contributed by atoms with van der Waals surface area (Å²) >= 11 is 0. The largest absolute Gasteiger partial charge is 0.477 e. The van der Waals surface area contributed by atoms with E-state index in [1.165, 1.54) is 6.07 Å². The first-order valence-electron chi connectivity index (χ1n) is 9.17. The van der Waals surface area contributed by atoms with Gasteiger partial charge in [0.1, 0.15) is 0 Å². The molecule has 4 aromatic rings. The second-order valence-electron chi connectivity index (χ2n) is 7.47. The molecule has 30 heavy (non-hydrogen) atoms. The number of carboxylic acid groups (broad SMARTS) is 1. The molecular weight excluding hydrogens is 402 g/mol. The van der Waals surface area contributed by atoms with Crippen LogP contribution >= 0.6 is 0 Å². The number of carboxylic acids is 1. The monoisotopic (exact) mass is 419 g/mol. The molecular formula is C21H17F4N3O2. The minimum absolute atomic E-state index is 0.133. The van der Waals surface area contributed by atoms with Crippen LogP contribution < -0.4 is 0 Å². The van der Waals surface area contributed by atoms with E-state index in [4.69, 9.17) is 5.11 Å². The second kappa shape index (κ2) is 6.86. The second-order valence-corrected chi connectivity index (χ2v) is 7.47. The molecule has 2 N–H and O–H groups in total. The Labute approximate surface area is 167 Å². The third kappa shape index (κ3) is 3.10. The number of nitrogens with one attached hydrogen (secondary N) is 1. The van der Waals surface area contributed by atoms with Crippen molar-refractivity contribution >= 4 is 27.8 Å². The average Bonchev–Trinajstić information content (AvgIpc) is 3.24. The topological polar surface area (TPSA) is 70.9 Å². The number of benzene rings is 2. The summed E-state index contributed by atoms with van der Waals surface area (Å²) in [5, 5.41) is 16.8. The van der Waals surface area contributed by atoms with Gasteiger partial charge in [0, 0.05) is 28.2 Å². The smallest absolute Gasteiger partial charge is 0.374 e. The minimum Gasteiger partial charge on any atom is -0.477 e. The van der Waals surface area contributed by atoms with Gasteiger partial charge in [-0.1, -0.05) is 13.8 Å². The molecule has 0 aliphatic heterocycles. The Morgan fingerprint density at radius 2 is 1.93 bits per heavy atom. The highest BCUT2D eigenvalue weighted by Crippen LogP contribution is 2.39. The molecule has 0 aliphatic carbocycles. The summed E-state index contributed by atoms with van der Waals surface area (Å²) in [6.45, 7) is 3.53. The van der Waals surface area contributed by atoms with Crippen LogP contribution in [-0.4, -0.2) is 31.8 Å². The van der Waals surface area contributed by atoms with Crippen LogP contribution in [0.5, 0.6) is 0 Å². The Kier molecular flexibility index (Phi) is 4.56. The summed E-state index contributed by atoms with van der Waals surface area (Å²) in [6.07, 6.45) is 0.514. The normalized spacial score (nSPS) is 12.4. The number of rotatable bonds is 5. The SMILES string of the molecule is CC(C)c1c(CC(F)(F)C(=O)O)c2cc3[nH]ncc3cc2n1-c1ccc(F)c(F)c1. The third-order valence-electron chi connectivity index (χ3n) is 5.09. The maximum absolute atomic E-state index is 14.2. The molecule has 0 atom stereocenters. The minimum atomic E-state index is -4.00. The van der Waals surface area contributed by atoms with Gasteiger partial charge < -0.3 is 9.67 Å². The van der Waals surface area contributed by atoms with Gasteiger partial charge in [0.2, 0.25) is 0 Å². The number of carbonyl (C=O) groups is 1. The van der Waals surface area contributed by atoms with Crippen LogP contribution in [0, 0.1) is 11.6 Å². The number of aromatic amines is 1. The third-order valence-corrected chi connectivity index (χ3v) is 5.09. The molecule has 2 aromatic carbocycles. The predicted octanol–water partition coefficient (Wildman–Crippen LogP) is 5.17. The fourth-order valence-corrected chi connectivity index (χ4v) is 3.80. The van der Waals surface area contributed by atoms with E-state index in [9.17, 15) is 22.4 Å². The number of aromatic nitrogens is 3. The summed E-state index contributed by atoms with van der Waals surface area (Å²) in [5.74, 6) is -8.66. The van der Waals surface area contributed by atoms with Gasteiger partial charge in [-0.2, -0.15) is 13.9 Å². The van der Waals surface area contributed by atoms with Crippen molar-refractivity contribution in [2.75, 3.05) is 0 Å². The zero-order valence-electron chi connectivity index (χ0n) is 16.0. The number of hydrogen-bond acceptors (Lipinski definition) is 2. The Bertz CT molecular complexity index is 1290. The molecule has 0 fully saturated rings. The van der Waals surface area contributed by atoms with Gasteiger partial charge in [0.05, 0.1) is 23.7 Å². The van der Waals surface area contributed by atoms with Crippen LogP contribution in [0.3, 0.4) is 0 Å². The first kappa shape index (κ1) is 19.9. The highest BCUT2D eigenvalue weighted by molar-refractivity contribution is 5.99.